The van der Waals surface area contributed by atoms with Crippen LogP contribution in [-0.4, -0.2) is 34.2 Å². The largest absolute Gasteiger partial charge is 0.466 e. The van der Waals surface area contributed by atoms with Gasteiger partial charge in [-0.05, 0) is 37.3 Å². The van der Waals surface area contributed by atoms with Gasteiger partial charge in [0.25, 0.3) is 12.2 Å². The zero-order valence-corrected chi connectivity index (χ0v) is 14.9. The van der Waals surface area contributed by atoms with E-state index in [4.69, 9.17) is 4.74 Å². The SMILES string of the molecule is CSC(COC=O)c1cncnc1Nc1cc(C)c(C)cc1[N+](=O)[O-]. The number of anilines is 2. The number of carbonyl (C=O) groups is 1. The molecule has 0 aliphatic heterocycles. The topological polar surface area (TPSA) is 107 Å². The highest BCUT2D eigenvalue weighted by Crippen LogP contribution is 2.35. The van der Waals surface area contributed by atoms with Crippen LogP contribution in [0.2, 0.25) is 0 Å². The maximum atomic E-state index is 11.4. The summed E-state index contributed by atoms with van der Waals surface area (Å²) in [6.07, 6.45) is 4.84. The van der Waals surface area contributed by atoms with Gasteiger partial charge in [0.05, 0.1) is 10.2 Å². The monoisotopic (exact) mass is 362 g/mol. The number of nitrogens with zero attached hydrogens (tertiary/aromatic N) is 3. The van der Waals surface area contributed by atoms with Gasteiger partial charge in [-0.15, -0.1) is 0 Å². The Labute approximate surface area is 149 Å². The molecule has 0 spiro atoms. The molecule has 2 rings (SSSR count). The lowest BCUT2D eigenvalue weighted by Gasteiger charge is -2.17. The smallest absolute Gasteiger partial charge is 0.293 e. The number of nitrogens with one attached hydrogen (secondary N) is 1. The van der Waals surface area contributed by atoms with Gasteiger partial charge in [0.2, 0.25) is 0 Å². The fourth-order valence-electron chi connectivity index (χ4n) is 2.27. The number of aryl methyl sites for hydroxylation is 2. The lowest BCUT2D eigenvalue weighted by molar-refractivity contribution is -0.384. The Morgan fingerprint density at radius 1 is 1.40 bits per heavy atom. The molecule has 1 N–H and O–H groups in total. The van der Waals surface area contributed by atoms with E-state index in [0.717, 1.165) is 11.1 Å². The van der Waals surface area contributed by atoms with Crippen molar-refractivity contribution in [1.29, 1.82) is 0 Å². The van der Waals surface area contributed by atoms with Crippen LogP contribution < -0.4 is 5.32 Å². The molecule has 8 nitrogen and oxygen atoms in total. The first-order valence-electron chi connectivity index (χ1n) is 7.38. The van der Waals surface area contributed by atoms with Gasteiger partial charge in [0, 0.05) is 17.8 Å². The molecule has 1 heterocycles. The second kappa shape index (κ2) is 8.43. The molecule has 0 saturated carbocycles. The number of nitro benzene ring substituents is 1. The molecule has 0 fully saturated rings. The van der Waals surface area contributed by atoms with Gasteiger partial charge in [0.1, 0.15) is 24.4 Å². The van der Waals surface area contributed by atoms with Gasteiger partial charge >= 0.3 is 0 Å². The molecule has 9 heteroatoms. The van der Waals surface area contributed by atoms with E-state index in [1.165, 1.54) is 24.2 Å². The molecule has 1 aromatic heterocycles. The fourth-order valence-corrected chi connectivity index (χ4v) is 2.91. The van der Waals surface area contributed by atoms with E-state index in [2.05, 4.69) is 15.3 Å². The molecule has 2 aromatic rings. The number of hydrogen-bond acceptors (Lipinski definition) is 8. The van der Waals surface area contributed by atoms with Crippen molar-refractivity contribution in [1.82, 2.24) is 9.97 Å². The van der Waals surface area contributed by atoms with Crippen LogP contribution in [-0.2, 0) is 9.53 Å². The predicted octanol–water partition coefficient (Wildman–Crippen LogP) is 3.32. The highest BCUT2D eigenvalue weighted by molar-refractivity contribution is 7.98. The van der Waals surface area contributed by atoms with Crippen LogP contribution >= 0.6 is 11.8 Å². The van der Waals surface area contributed by atoms with Crippen molar-refractivity contribution in [2.75, 3.05) is 18.2 Å². The van der Waals surface area contributed by atoms with Crippen LogP contribution in [0.25, 0.3) is 0 Å². The third-order valence-electron chi connectivity index (χ3n) is 3.75. The van der Waals surface area contributed by atoms with Crippen LogP contribution in [0, 0.1) is 24.0 Å². The van der Waals surface area contributed by atoms with Crippen LogP contribution in [0.1, 0.15) is 21.9 Å². The summed E-state index contributed by atoms with van der Waals surface area (Å²) in [5.74, 6) is 0.440. The first-order valence-corrected chi connectivity index (χ1v) is 8.67. The van der Waals surface area contributed by atoms with E-state index in [1.807, 2.05) is 20.1 Å². The number of benzene rings is 1. The normalized spacial score (nSPS) is 11.6. The minimum Gasteiger partial charge on any atom is -0.466 e. The Bertz CT molecular complexity index is 785. The molecule has 1 aromatic carbocycles. The predicted molar refractivity (Wildman–Crippen MR) is 96.2 cm³/mol. The number of thioether (sulfide) groups is 1. The Balaban J connectivity index is 2.43. The molecule has 25 heavy (non-hydrogen) atoms. The van der Waals surface area contributed by atoms with E-state index in [1.54, 1.807) is 12.3 Å². The Kier molecular flexibility index (Phi) is 6.29. The standard InChI is InChI=1S/C16H18N4O4S/c1-10-4-13(14(20(22)23)5-11(10)2)19-16-12(6-17-8-18-16)15(25-3)7-24-9-21/h4-6,8-9,15H,7H2,1-3H3,(H,17,18,19). The average molecular weight is 362 g/mol. The third-order valence-corrected chi connectivity index (χ3v) is 4.71. The van der Waals surface area contributed by atoms with Gasteiger partial charge in [-0.3, -0.25) is 14.9 Å². The van der Waals surface area contributed by atoms with E-state index in [0.29, 0.717) is 23.5 Å². The van der Waals surface area contributed by atoms with Crippen molar-refractivity contribution >= 4 is 35.4 Å². The molecule has 0 bridgehead atoms. The number of rotatable bonds is 8. The molecular weight excluding hydrogens is 344 g/mol. The average Bonchev–Trinajstić information content (AvgIpc) is 2.59. The molecular formula is C16H18N4O4S. The van der Waals surface area contributed by atoms with E-state index in [9.17, 15) is 14.9 Å². The molecule has 132 valence electrons. The van der Waals surface area contributed by atoms with E-state index in [-0.39, 0.29) is 17.5 Å². The maximum Gasteiger partial charge on any atom is 0.293 e. The molecule has 1 atom stereocenters. The highest BCUT2D eigenvalue weighted by Gasteiger charge is 2.21. The lowest BCUT2D eigenvalue weighted by atomic mass is 10.1. The number of aromatic nitrogens is 2. The fraction of sp³-hybridized carbons (Fsp3) is 0.312. The molecule has 0 aliphatic rings. The molecule has 0 amide bonds. The van der Waals surface area contributed by atoms with E-state index < -0.39 is 4.92 Å². The number of ether oxygens (including phenoxy) is 1. The third kappa shape index (κ3) is 4.44. The van der Waals surface area contributed by atoms with Crippen molar-refractivity contribution in [3.05, 3.63) is 51.5 Å². The maximum absolute atomic E-state index is 11.4. The molecule has 0 aliphatic carbocycles. The van der Waals surface area contributed by atoms with Crippen molar-refractivity contribution in [3.63, 3.8) is 0 Å². The Morgan fingerprint density at radius 2 is 2.12 bits per heavy atom. The van der Waals surface area contributed by atoms with Crippen LogP contribution in [0.5, 0.6) is 0 Å². The van der Waals surface area contributed by atoms with Crippen molar-refractivity contribution in [2.24, 2.45) is 0 Å². The minimum absolute atomic E-state index is 0.0301. The van der Waals surface area contributed by atoms with Crippen LogP contribution in [0.3, 0.4) is 0 Å². The quantitative estimate of drug-likeness (QED) is 0.433. The second-order valence-corrected chi connectivity index (χ2v) is 6.36. The summed E-state index contributed by atoms with van der Waals surface area (Å²) in [7, 11) is 0. The highest BCUT2D eigenvalue weighted by atomic mass is 32.2. The first-order chi connectivity index (χ1) is 12.0. The minimum atomic E-state index is -0.433. The summed E-state index contributed by atoms with van der Waals surface area (Å²) in [6.45, 7) is 4.24. The Morgan fingerprint density at radius 3 is 2.76 bits per heavy atom. The van der Waals surface area contributed by atoms with Crippen LogP contribution in [0.4, 0.5) is 17.2 Å². The molecule has 0 radical (unpaired) electrons. The molecule has 1 unspecified atom stereocenters. The lowest BCUT2D eigenvalue weighted by Crippen LogP contribution is -2.09. The number of carbonyl (C=O) groups excluding carboxylic acids is 1. The second-order valence-electron chi connectivity index (χ2n) is 5.32. The first kappa shape index (κ1) is 18.7. The zero-order chi connectivity index (χ0) is 18.4. The molecule has 0 saturated heterocycles. The van der Waals surface area contributed by atoms with Gasteiger partial charge in [-0.1, -0.05) is 0 Å². The Hall–Kier alpha value is -2.68. The van der Waals surface area contributed by atoms with Gasteiger partial charge in [0.15, 0.2) is 0 Å². The van der Waals surface area contributed by atoms with Crippen LogP contribution in [0.15, 0.2) is 24.7 Å². The summed E-state index contributed by atoms with van der Waals surface area (Å²) >= 11 is 1.47. The summed E-state index contributed by atoms with van der Waals surface area (Å²) in [4.78, 5) is 29.6. The van der Waals surface area contributed by atoms with Crippen molar-refractivity contribution in [3.8, 4) is 0 Å². The van der Waals surface area contributed by atoms with Gasteiger partial charge in [-0.25, -0.2) is 9.97 Å². The van der Waals surface area contributed by atoms with E-state index >= 15 is 0 Å². The van der Waals surface area contributed by atoms with Crippen molar-refractivity contribution in [2.45, 2.75) is 19.1 Å². The summed E-state index contributed by atoms with van der Waals surface area (Å²) < 4.78 is 4.85. The number of nitro groups is 1. The summed E-state index contributed by atoms with van der Waals surface area (Å²) in [5, 5.41) is 14.2. The number of hydrogen-bond donors (Lipinski definition) is 1. The summed E-state index contributed by atoms with van der Waals surface area (Å²) in [5.41, 5.74) is 2.78. The summed E-state index contributed by atoms with van der Waals surface area (Å²) in [6, 6.07) is 3.25. The van der Waals surface area contributed by atoms with Crippen molar-refractivity contribution < 1.29 is 14.5 Å². The van der Waals surface area contributed by atoms with Gasteiger partial charge in [-0.2, -0.15) is 11.8 Å². The van der Waals surface area contributed by atoms with Gasteiger partial charge < -0.3 is 10.1 Å². The zero-order valence-electron chi connectivity index (χ0n) is 14.1.